The van der Waals surface area contributed by atoms with Crippen LogP contribution in [0, 0.1) is 11.8 Å². The van der Waals surface area contributed by atoms with Gasteiger partial charge in [0.25, 0.3) is 0 Å². The Hall–Kier alpha value is -0.760. The van der Waals surface area contributed by atoms with Crippen LogP contribution in [0.1, 0.15) is 37.7 Å². The molecule has 1 aliphatic heterocycles. The number of aromatic nitrogens is 1. The molecule has 1 aromatic heterocycles. The van der Waals surface area contributed by atoms with Gasteiger partial charge in [0.1, 0.15) is 5.82 Å². The molecule has 1 saturated carbocycles. The Balaban J connectivity index is 1.72. The van der Waals surface area contributed by atoms with Gasteiger partial charge in [0.15, 0.2) is 0 Å². The normalized spacial score (nSPS) is 27.9. The van der Waals surface area contributed by atoms with Crippen LogP contribution in [0.2, 0.25) is 0 Å². The van der Waals surface area contributed by atoms with Crippen LogP contribution in [0.3, 0.4) is 0 Å². The van der Waals surface area contributed by atoms with Crippen LogP contribution in [-0.2, 0) is 5.88 Å². The summed E-state index contributed by atoms with van der Waals surface area (Å²) >= 11 is 5.90. The summed E-state index contributed by atoms with van der Waals surface area (Å²) in [5, 5.41) is 0. The van der Waals surface area contributed by atoms with E-state index in [0.717, 1.165) is 17.7 Å². The van der Waals surface area contributed by atoms with Crippen molar-refractivity contribution in [3.63, 3.8) is 0 Å². The lowest BCUT2D eigenvalue weighted by molar-refractivity contribution is 0.202. The summed E-state index contributed by atoms with van der Waals surface area (Å²) in [4.78, 5) is 6.98. The zero-order chi connectivity index (χ0) is 12.4. The summed E-state index contributed by atoms with van der Waals surface area (Å²) in [6.07, 6.45) is 8.97. The van der Waals surface area contributed by atoms with Gasteiger partial charge in [-0.05, 0) is 42.4 Å². The fraction of sp³-hybridized carbons (Fsp3) is 0.667. The van der Waals surface area contributed by atoms with E-state index in [2.05, 4.69) is 16.0 Å². The summed E-state index contributed by atoms with van der Waals surface area (Å²) in [7, 11) is 0. The largest absolute Gasteiger partial charge is 0.356 e. The minimum atomic E-state index is 0.579. The third-order valence-electron chi connectivity index (χ3n) is 4.58. The predicted octanol–water partition coefficient (Wildman–Crippen LogP) is 3.84. The maximum absolute atomic E-state index is 5.90. The molecule has 1 saturated heterocycles. The predicted molar refractivity (Wildman–Crippen MR) is 76.1 cm³/mol. The van der Waals surface area contributed by atoms with Gasteiger partial charge < -0.3 is 4.90 Å². The number of rotatable bonds is 2. The van der Waals surface area contributed by atoms with Crippen molar-refractivity contribution in [1.29, 1.82) is 0 Å². The molecule has 2 aliphatic rings. The number of nitrogens with zero attached hydrogens (tertiary/aromatic N) is 2. The van der Waals surface area contributed by atoms with Crippen molar-refractivity contribution in [2.75, 3.05) is 18.0 Å². The molecule has 2 unspecified atom stereocenters. The second-order valence-corrected chi connectivity index (χ2v) is 5.96. The van der Waals surface area contributed by atoms with E-state index in [1.54, 1.807) is 0 Å². The average molecular weight is 265 g/mol. The summed E-state index contributed by atoms with van der Waals surface area (Å²) in [5.74, 6) is 3.58. The van der Waals surface area contributed by atoms with Crippen LogP contribution in [0.25, 0.3) is 0 Å². The van der Waals surface area contributed by atoms with Crippen LogP contribution in [0.15, 0.2) is 18.3 Å². The molecule has 1 aliphatic carbocycles. The van der Waals surface area contributed by atoms with Crippen LogP contribution in [0.5, 0.6) is 0 Å². The maximum atomic E-state index is 5.90. The van der Waals surface area contributed by atoms with Gasteiger partial charge in [-0.3, -0.25) is 0 Å². The molecule has 0 spiro atoms. The summed E-state index contributed by atoms with van der Waals surface area (Å²) < 4.78 is 0. The smallest absolute Gasteiger partial charge is 0.128 e. The first-order valence-corrected chi connectivity index (χ1v) is 7.66. The van der Waals surface area contributed by atoms with Crippen molar-refractivity contribution >= 4 is 17.4 Å². The lowest BCUT2D eigenvalue weighted by Gasteiger charge is -2.41. The van der Waals surface area contributed by atoms with Crippen LogP contribution >= 0.6 is 11.6 Å². The number of hydrogen-bond donors (Lipinski definition) is 0. The Morgan fingerprint density at radius 2 is 2.06 bits per heavy atom. The number of halogens is 1. The Morgan fingerprint density at radius 3 is 2.89 bits per heavy atom. The molecule has 0 bridgehead atoms. The highest BCUT2D eigenvalue weighted by atomic mass is 35.5. The van der Waals surface area contributed by atoms with Gasteiger partial charge in [0, 0.05) is 25.2 Å². The van der Waals surface area contributed by atoms with E-state index in [0.29, 0.717) is 5.88 Å². The highest BCUT2D eigenvalue weighted by molar-refractivity contribution is 6.17. The van der Waals surface area contributed by atoms with E-state index in [-0.39, 0.29) is 0 Å². The fourth-order valence-corrected chi connectivity index (χ4v) is 3.69. The number of anilines is 1. The van der Waals surface area contributed by atoms with Gasteiger partial charge in [-0.1, -0.05) is 19.3 Å². The molecule has 2 fully saturated rings. The minimum absolute atomic E-state index is 0.579. The fourth-order valence-electron chi connectivity index (χ4n) is 3.53. The minimum Gasteiger partial charge on any atom is -0.356 e. The first kappa shape index (κ1) is 12.3. The molecule has 98 valence electrons. The molecule has 1 aromatic rings. The lowest BCUT2D eigenvalue weighted by atomic mass is 9.75. The molecule has 0 N–H and O–H groups in total. The van der Waals surface area contributed by atoms with Crippen molar-refractivity contribution in [2.24, 2.45) is 11.8 Å². The Bertz CT molecular complexity index is 407. The number of hydrogen-bond acceptors (Lipinski definition) is 2. The third kappa shape index (κ3) is 2.49. The second-order valence-electron chi connectivity index (χ2n) is 5.70. The monoisotopic (exact) mass is 264 g/mol. The van der Waals surface area contributed by atoms with Gasteiger partial charge in [-0.25, -0.2) is 4.98 Å². The molecule has 3 rings (SSSR count). The van der Waals surface area contributed by atoms with Gasteiger partial charge >= 0.3 is 0 Å². The van der Waals surface area contributed by atoms with Crippen molar-refractivity contribution in [2.45, 2.75) is 38.0 Å². The van der Waals surface area contributed by atoms with Gasteiger partial charge in [0.2, 0.25) is 0 Å². The van der Waals surface area contributed by atoms with Gasteiger partial charge in [-0.2, -0.15) is 0 Å². The Kier molecular flexibility index (Phi) is 3.74. The van der Waals surface area contributed by atoms with Crippen molar-refractivity contribution in [3.05, 3.63) is 23.9 Å². The standard InChI is InChI=1S/C15H21ClN2/c16-10-12-5-7-17-15(9-12)18-8-6-13-3-1-2-4-14(13)11-18/h5,7,9,13-14H,1-4,6,8,10-11H2. The van der Waals surface area contributed by atoms with Crippen molar-refractivity contribution in [3.8, 4) is 0 Å². The topological polar surface area (TPSA) is 16.1 Å². The molecule has 0 radical (unpaired) electrons. The highest BCUT2D eigenvalue weighted by Crippen LogP contribution is 2.37. The van der Waals surface area contributed by atoms with Gasteiger partial charge in [-0.15, -0.1) is 11.6 Å². The highest BCUT2D eigenvalue weighted by Gasteiger charge is 2.31. The van der Waals surface area contributed by atoms with Gasteiger partial charge in [0.05, 0.1) is 0 Å². The van der Waals surface area contributed by atoms with E-state index >= 15 is 0 Å². The first-order valence-electron chi connectivity index (χ1n) is 7.12. The Labute approximate surface area is 114 Å². The van der Waals surface area contributed by atoms with E-state index < -0.39 is 0 Å². The van der Waals surface area contributed by atoms with Crippen molar-refractivity contribution in [1.82, 2.24) is 4.98 Å². The Morgan fingerprint density at radius 1 is 1.22 bits per heavy atom. The van der Waals surface area contributed by atoms with E-state index in [1.165, 1.54) is 50.8 Å². The molecular formula is C15H21ClN2. The zero-order valence-electron chi connectivity index (χ0n) is 10.8. The zero-order valence-corrected chi connectivity index (χ0v) is 11.6. The second kappa shape index (κ2) is 5.48. The lowest BCUT2D eigenvalue weighted by Crippen LogP contribution is -2.42. The van der Waals surface area contributed by atoms with Crippen LogP contribution in [0.4, 0.5) is 5.82 Å². The van der Waals surface area contributed by atoms with E-state index in [9.17, 15) is 0 Å². The molecular weight excluding hydrogens is 244 g/mol. The molecule has 2 nitrogen and oxygen atoms in total. The number of piperidine rings is 1. The first-order chi connectivity index (χ1) is 8.86. The number of alkyl halides is 1. The third-order valence-corrected chi connectivity index (χ3v) is 4.89. The number of pyridine rings is 1. The van der Waals surface area contributed by atoms with Crippen molar-refractivity contribution < 1.29 is 0 Å². The molecule has 2 heterocycles. The van der Waals surface area contributed by atoms with E-state index in [4.69, 9.17) is 11.6 Å². The summed E-state index contributed by atoms with van der Waals surface area (Å²) in [5.41, 5.74) is 1.17. The molecule has 0 aromatic carbocycles. The summed E-state index contributed by atoms with van der Waals surface area (Å²) in [6, 6.07) is 4.15. The molecule has 3 heteroatoms. The maximum Gasteiger partial charge on any atom is 0.128 e. The van der Waals surface area contributed by atoms with E-state index in [1.807, 2.05) is 12.3 Å². The quantitative estimate of drug-likeness (QED) is 0.755. The molecule has 2 atom stereocenters. The average Bonchev–Trinajstić information content (AvgIpc) is 2.47. The number of fused-ring (bicyclic) bond motifs is 1. The molecule has 0 amide bonds. The van der Waals surface area contributed by atoms with Crippen LogP contribution in [-0.4, -0.2) is 18.1 Å². The SMILES string of the molecule is ClCc1ccnc(N2CCC3CCCCC3C2)c1. The van der Waals surface area contributed by atoms with Crippen LogP contribution < -0.4 is 4.90 Å². The molecule has 18 heavy (non-hydrogen) atoms. The summed E-state index contributed by atoms with van der Waals surface area (Å²) in [6.45, 7) is 2.36.